The number of carbonyl (C=O) groups is 1. The van der Waals surface area contributed by atoms with Crippen molar-refractivity contribution >= 4 is 29.7 Å². The van der Waals surface area contributed by atoms with Gasteiger partial charge in [0.05, 0.1) is 23.3 Å². The minimum atomic E-state index is 0. The first-order valence-electron chi connectivity index (χ1n) is 5.87. The summed E-state index contributed by atoms with van der Waals surface area (Å²) in [5.41, 5.74) is 1.04. The Hall–Kier alpha value is -0.650. The highest BCUT2D eigenvalue weighted by atomic mass is 35.5. The van der Waals surface area contributed by atoms with Gasteiger partial charge < -0.3 is 10.2 Å². The van der Waals surface area contributed by atoms with Crippen molar-refractivity contribution in [2.45, 2.75) is 33.2 Å². The number of halogens is 1. The number of aromatic nitrogens is 1. The fraction of sp³-hybridized carbons (Fsp3) is 0.667. The number of hydrogen-bond acceptors (Lipinski definition) is 4. The van der Waals surface area contributed by atoms with E-state index in [1.165, 1.54) is 4.88 Å². The Morgan fingerprint density at radius 3 is 2.61 bits per heavy atom. The van der Waals surface area contributed by atoms with E-state index in [9.17, 15) is 4.79 Å². The van der Waals surface area contributed by atoms with Gasteiger partial charge in [-0.05, 0) is 27.3 Å². The first-order chi connectivity index (χ1) is 8.01. The summed E-state index contributed by atoms with van der Waals surface area (Å²) in [4.78, 5) is 19.3. The minimum absolute atomic E-state index is 0. The van der Waals surface area contributed by atoms with Crippen molar-refractivity contribution in [2.24, 2.45) is 0 Å². The average Bonchev–Trinajstić information content (AvgIpc) is 2.69. The Bertz CT molecular complexity index is 395. The van der Waals surface area contributed by atoms with E-state index >= 15 is 0 Å². The van der Waals surface area contributed by atoms with Gasteiger partial charge in [-0.25, -0.2) is 4.98 Å². The molecule has 104 valence electrons. The van der Waals surface area contributed by atoms with Crippen LogP contribution in [0.25, 0.3) is 0 Å². The quantitative estimate of drug-likeness (QED) is 0.904. The van der Waals surface area contributed by atoms with Crippen molar-refractivity contribution < 1.29 is 4.79 Å². The SMILES string of the molecule is CCc1nc(C)c(C(C)N(C)C(=O)CNC)s1.Cl. The Morgan fingerprint density at radius 1 is 1.56 bits per heavy atom. The summed E-state index contributed by atoms with van der Waals surface area (Å²) in [7, 11) is 3.62. The third kappa shape index (κ3) is 3.93. The first kappa shape index (κ1) is 17.4. The fourth-order valence-corrected chi connectivity index (χ4v) is 2.78. The second-order valence-corrected chi connectivity index (χ2v) is 5.24. The third-order valence-corrected chi connectivity index (χ3v) is 4.33. The molecule has 1 aromatic rings. The molecule has 0 aliphatic heterocycles. The monoisotopic (exact) mass is 291 g/mol. The smallest absolute Gasteiger partial charge is 0.236 e. The molecule has 0 spiro atoms. The number of amides is 1. The highest BCUT2D eigenvalue weighted by molar-refractivity contribution is 7.11. The molecule has 1 rings (SSSR count). The van der Waals surface area contributed by atoms with Crippen molar-refractivity contribution in [3.63, 3.8) is 0 Å². The van der Waals surface area contributed by atoms with Crippen LogP contribution >= 0.6 is 23.7 Å². The highest BCUT2D eigenvalue weighted by Crippen LogP contribution is 2.28. The van der Waals surface area contributed by atoms with Crippen LogP contribution in [-0.4, -0.2) is 36.4 Å². The van der Waals surface area contributed by atoms with Gasteiger partial charge in [0, 0.05) is 11.9 Å². The molecule has 4 nitrogen and oxygen atoms in total. The zero-order chi connectivity index (χ0) is 13.0. The number of carbonyl (C=O) groups excluding carboxylic acids is 1. The second-order valence-electron chi connectivity index (χ2n) is 4.12. The molecule has 0 fully saturated rings. The largest absolute Gasteiger partial charge is 0.337 e. The molecule has 0 saturated heterocycles. The summed E-state index contributed by atoms with van der Waals surface area (Å²) in [6.45, 7) is 6.54. The van der Waals surface area contributed by atoms with Gasteiger partial charge in [0.25, 0.3) is 0 Å². The summed E-state index contributed by atoms with van der Waals surface area (Å²) < 4.78 is 0. The van der Waals surface area contributed by atoms with Crippen LogP contribution in [0.3, 0.4) is 0 Å². The number of aryl methyl sites for hydroxylation is 2. The zero-order valence-electron chi connectivity index (χ0n) is 11.6. The summed E-state index contributed by atoms with van der Waals surface area (Å²) in [5, 5.41) is 4.02. The van der Waals surface area contributed by atoms with Crippen LogP contribution in [-0.2, 0) is 11.2 Å². The summed E-state index contributed by atoms with van der Waals surface area (Å²) in [5.74, 6) is 0.103. The third-order valence-electron chi connectivity index (χ3n) is 2.86. The van der Waals surface area contributed by atoms with Crippen LogP contribution in [0.5, 0.6) is 0 Å². The number of rotatable bonds is 5. The fourth-order valence-electron chi connectivity index (χ4n) is 1.67. The van der Waals surface area contributed by atoms with Crippen molar-refractivity contribution in [1.82, 2.24) is 15.2 Å². The lowest BCUT2D eigenvalue weighted by atomic mass is 10.2. The normalized spacial score (nSPS) is 11.8. The number of thiazole rings is 1. The standard InChI is InChI=1S/C12H21N3OS.ClH/c1-6-10-14-8(2)12(17-10)9(3)15(5)11(16)7-13-4;/h9,13H,6-7H2,1-5H3;1H. The van der Waals surface area contributed by atoms with Gasteiger partial charge >= 0.3 is 0 Å². The van der Waals surface area contributed by atoms with E-state index in [-0.39, 0.29) is 24.4 Å². The van der Waals surface area contributed by atoms with Gasteiger partial charge in [-0.15, -0.1) is 23.7 Å². The van der Waals surface area contributed by atoms with Crippen molar-refractivity contribution in [3.05, 3.63) is 15.6 Å². The average molecular weight is 292 g/mol. The molecule has 18 heavy (non-hydrogen) atoms. The molecule has 1 unspecified atom stereocenters. The van der Waals surface area contributed by atoms with Gasteiger partial charge in [-0.3, -0.25) is 4.79 Å². The first-order valence-corrected chi connectivity index (χ1v) is 6.69. The van der Waals surface area contributed by atoms with Crippen molar-refractivity contribution in [2.75, 3.05) is 20.6 Å². The Balaban J connectivity index is 0.00000289. The predicted molar refractivity (Wildman–Crippen MR) is 78.6 cm³/mol. The van der Waals surface area contributed by atoms with Gasteiger partial charge in [-0.1, -0.05) is 6.92 Å². The zero-order valence-corrected chi connectivity index (χ0v) is 13.2. The van der Waals surface area contributed by atoms with Crippen LogP contribution in [0, 0.1) is 6.92 Å². The van der Waals surface area contributed by atoms with E-state index in [0.29, 0.717) is 6.54 Å². The maximum absolute atomic E-state index is 11.8. The van der Waals surface area contributed by atoms with Crippen LogP contribution in [0.15, 0.2) is 0 Å². The Morgan fingerprint density at radius 2 is 2.17 bits per heavy atom. The summed E-state index contributed by atoms with van der Waals surface area (Å²) >= 11 is 1.71. The van der Waals surface area contributed by atoms with Gasteiger partial charge in [0.1, 0.15) is 0 Å². The summed E-state index contributed by atoms with van der Waals surface area (Å²) in [6.07, 6.45) is 0.951. The molecular formula is C12H22ClN3OS. The topological polar surface area (TPSA) is 45.2 Å². The molecule has 0 aromatic carbocycles. The highest BCUT2D eigenvalue weighted by Gasteiger charge is 2.21. The molecular weight excluding hydrogens is 270 g/mol. The maximum Gasteiger partial charge on any atom is 0.236 e. The van der Waals surface area contributed by atoms with E-state index in [2.05, 4.69) is 17.2 Å². The Kier molecular flexibility index (Phi) is 7.43. The molecule has 1 N–H and O–H groups in total. The van der Waals surface area contributed by atoms with Gasteiger partial charge in [0.2, 0.25) is 5.91 Å². The molecule has 1 atom stereocenters. The number of likely N-dealkylation sites (N-methyl/N-ethyl adjacent to an activating group) is 2. The molecule has 0 aliphatic carbocycles. The molecule has 1 aromatic heterocycles. The lowest BCUT2D eigenvalue weighted by Gasteiger charge is -2.24. The van der Waals surface area contributed by atoms with E-state index < -0.39 is 0 Å². The van der Waals surface area contributed by atoms with Crippen LogP contribution in [0.1, 0.15) is 35.5 Å². The molecule has 1 amide bonds. The van der Waals surface area contributed by atoms with Crippen LogP contribution < -0.4 is 5.32 Å². The van der Waals surface area contributed by atoms with Gasteiger partial charge in [0.15, 0.2) is 0 Å². The van der Waals surface area contributed by atoms with Crippen LogP contribution in [0.4, 0.5) is 0 Å². The second kappa shape index (κ2) is 7.71. The molecule has 0 radical (unpaired) electrons. The van der Waals surface area contributed by atoms with Crippen molar-refractivity contribution in [1.29, 1.82) is 0 Å². The van der Waals surface area contributed by atoms with E-state index in [0.717, 1.165) is 17.1 Å². The molecule has 1 heterocycles. The van der Waals surface area contributed by atoms with Crippen LogP contribution in [0.2, 0.25) is 0 Å². The summed E-state index contributed by atoms with van der Waals surface area (Å²) in [6, 6.07) is 0.0913. The molecule has 6 heteroatoms. The number of nitrogens with zero attached hydrogens (tertiary/aromatic N) is 2. The molecule has 0 bridgehead atoms. The predicted octanol–water partition coefficient (Wildman–Crippen LogP) is 2.17. The molecule has 0 aliphatic rings. The van der Waals surface area contributed by atoms with E-state index in [1.54, 1.807) is 23.3 Å². The number of hydrogen-bond donors (Lipinski definition) is 1. The molecule has 0 saturated carbocycles. The lowest BCUT2D eigenvalue weighted by molar-refractivity contribution is -0.130. The van der Waals surface area contributed by atoms with Crippen molar-refractivity contribution in [3.8, 4) is 0 Å². The van der Waals surface area contributed by atoms with E-state index in [4.69, 9.17) is 0 Å². The van der Waals surface area contributed by atoms with Gasteiger partial charge in [-0.2, -0.15) is 0 Å². The maximum atomic E-state index is 11.8. The lowest BCUT2D eigenvalue weighted by Crippen LogP contribution is -2.35. The Labute approximate surface area is 119 Å². The number of nitrogens with one attached hydrogen (secondary N) is 1. The minimum Gasteiger partial charge on any atom is -0.337 e. The van der Waals surface area contributed by atoms with E-state index in [1.807, 2.05) is 20.9 Å².